The zero-order chi connectivity index (χ0) is 13.8. The molecule has 0 amide bonds. The van der Waals surface area contributed by atoms with E-state index in [2.05, 4.69) is 0 Å². The molecule has 0 atom stereocenters. The van der Waals surface area contributed by atoms with E-state index in [0.717, 1.165) is 17.1 Å². The van der Waals surface area contributed by atoms with Gasteiger partial charge in [0, 0.05) is 11.4 Å². The van der Waals surface area contributed by atoms with Gasteiger partial charge in [0.15, 0.2) is 0 Å². The van der Waals surface area contributed by atoms with Crippen LogP contribution in [0.1, 0.15) is 0 Å². The van der Waals surface area contributed by atoms with Gasteiger partial charge in [0.05, 0.1) is 5.69 Å². The molecule has 3 aromatic rings. The first-order chi connectivity index (χ1) is 9.86. The molecule has 0 aliphatic heterocycles. The maximum Gasteiger partial charge on any atom is 0.139 e. The second kappa shape index (κ2) is 5.49. The highest BCUT2D eigenvalue weighted by molar-refractivity contribution is 5.79. The van der Waals surface area contributed by atoms with E-state index < -0.39 is 0 Å². The third-order valence-corrected chi connectivity index (χ3v) is 3.15. The minimum absolute atomic E-state index is 0.264. The van der Waals surface area contributed by atoms with Gasteiger partial charge in [-0.15, -0.1) is 0 Å². The number of hydrogen-bond donors (Lipinski definition) is 1. The van der Waals surface area contributed by atoms with Crippen molar-refractivity contribution >= 4 is 17.1 Å². The molecule has 0 saturated carbocycles. The van der Waals surface area contributed by atoms with Gasteiger partial charge in [-0.3, -0.25) is 0 Å². The van der Waals surface area contributed by atoms with Crippen molar-refractivity contribution in [3.8, 4) is 5.75 Å². The molecular weight excluding hydrogens is 246 g/mol. The predicted octanol–water partition coefficient (Wildman–Crippen LogP) is 4.86. The van der Waals surface area contributed by atoms with Crippen LogP contribution in [0.4, 0.5) is 17.1 Å². The van der Waals surface area contributed by atoms with E-state index in [1.54, 1.807) is 6.07 Å². The van der Waals surface area contributed by atoms with E-state index in [4.69, 9.17) is 0 Å². The van der Waals surface area contributed by atoms with E-state index in [-0.39, 0.29) is 5.75 Å². The molecular formula is C18H15NO. The van der Waals surface area contributed by atoms with Crippen LogP contribution in [0.2, 0.25) is 0 Å². The zero-order valence-corrected chi connectivity index (χ0v) is 11.0. The number of phenolic OH excluding ortho intramolecular Hbond substituents is 1. The topological polar surface area (TPSA) is 23.5 Å². The van der Waals surface area contributed by atoms with Gasteiger partial charge in [0.2, 0.25) is 0 Å². The summed E-state index contributed by atoms with van der Waals surface area (Å²) >= 11 is 0. The standard InChI is InChI=1S/C18H15NO/c20-18-14-8-7-13-17(18)19(15-9-3-1-4-10-15)16-11-5-2-6-12-16/h1-14,20H. The average Bonchev–Trinajstić information content (AvgIpc) is 2.52. The van der Waals surface area contributed by atoms with Gasteiger partial charge in [-0.25, -0.2) is 0 Å². The Balaban J connectivity index is 2.17. The summed E-state index contributed by atoms with van der Waals surface area (Å²) < 4.78 is 0. The highest BCUT2D eigenvalue weighted by atomic mass is 16.3. The Morgan fingerprint density at radius 2 is 1.00 bits per heavy atom. The molecule has 3 rings (SSSR count). The molecule has 1 N–H and O–H groups in total. The van der Waals surface area contributed by atoms with E-state index in [1.807, 2.05) is 83.8 Å². The number of nitrogens with zero attached hydrogens (tertiary/aromatic N) is 1. The summed E-state index contributed by atoms with van der Waals surface area (Å²) in [6, 6.07) is 27.4. The number of para-hydroxylation sites is 4. The van der Waals surface area contributed by atoms with Crippen molar-refractivity contribution < 1.29 is 5.11 Å². The molecule has 0 saturated heterocycles. The first-order valence-corrected chi connectivity index (χ1v) is 6.54. The van der Waals surface area contributed by atoms with Crippen LogP contribution in [-0.4, -0.2) is 5.11 Å². The number of rotatable bonds is 3. The van der Waals surface area contributed by atoms with Crippen molar-refractivity contribution in [3.05, 3.63) is 84.9 Å². The third-order valence-electron chi connectivity index (χ3n) is 3.15. The summed E-state index contributed by atoms with van der Waals surface area (Å²) in [6.07, 6.45) is 0. The smallest absolute Gasteiger partial charge is 0.139 e. The summed E-state index contributed by atoms with van der Waals surface area (Å²) in [7, 11) is 0. The number of benzene rings is 3. The van der Waals surface area contributed by atoms with E-state index in [0.29, 0.717) is 0 Å². The molecule has 2 nitrogen and oxygen atoms in total. The Labute approximate surface area is 118 Å². The van der Waals surface area contributed by atoms with Gasteiger partial charge < -0.3 is 10.0 Å². The molecule has 0 aliphatic carbocycles. The van der Waals surface area contributed by atoms with E-state index >= 15 is 0 Å². The van der Waals surface area contributed by atoms with Crippen LogP contribution in [0.25, 0.3) is 0 Å². The SMILES string of the molecule is Oc1ccccc1N(c1ccccc1)c1ccccc1. The van der Waals surface area contributed by atoms with Crippen molar-refractivity contribution in [2.24, 2.45) is 0 Å². The normalized spacial score (nSPS) is 10.2. The van der Waals surface area contributed by atoms with Gasteiger partial charge in [-0.1, -0.05) is 48.5 Å². The van der Waals surface area contributed by atoms with Gasteiger partial charge in [-0.2, -0.15) is 0 Å². The molecule has 20 heavy (non-hydrogen) atoms. The second-order valence-electron chi connectivity index (χ2n) is 4.50. The third kappa shape index (κ3) is 2.36. The van der Waals surface area contributed by atoms with Gasteiger partial charge in [0.25, 0.3) is 0 Å². The molecule has 2 heteroatoms. The molecule has 0 aromatic heterocycles. The molecule has 98 valence electrons. The van der Waals surface area contributed by atoms with Crippen LogP contribution >= 0.6 is 0 Å². The Kier molecular flexibility index (Phi) is 3.38. The zero-order valence-electron chi connectivity index (χ0n) is 11.0. The molecule has 0 aliphatic rings. The average molecular weight is 261 g/mol. The highest BCUT2D eigenvalue weighted by Gasteiger charge is 2.14. The molecule has 0 bridgehead atoms. The number of hydrogen-bond acceptors (Lipinski definition) is 2. The van der Waals surface area contributed by atoms with Gasteiger partial charge >= 0.3 is 0 Å². The fourth-order valence-corrected chi connectivity index (χ4v) is 2.23. The summed E-state index contributed by atoms with van der Waals surface area (Å²) in [5, 5.41) is 10.2. The second-order valence-corrected chi connectivity index (χ2v) is 4.50. The minimum Gasteiger partial charge on any atom is -0.506 e. The van der Waals surface area contributed by atoms with Crippen LogP contribution < -0.4 is 4.90 Å². The van der Waals surface area contributed by atoms with Gasteiger partial charge in [-0.05, 0) is 36.4 Å². The fourth-order valence-electron chi connectivity index (χ4n) is 2.23. The monoisotopic (exact) mass is 261 g/mol. The Morgan fingerprint density at radius 3 is 1.50 bits per heavy atom. The molecule has 0 fully saturated rings. The Hall–Kier alpha value is -2.74. The summed E-state index contributed by atoms with van der Waals surface area (Å²) in [5.74, 6) is 0.264. The first kappa shape index (κ1) is 12.3. The van der Waals surface area contributed by atoms with Crippen molar-refractivity contribution in [1.82, 2.24) is 0 Å². The van der Waals surface area contributed by atoms with Gasteiger partial charge in [0.1, 0.15) is 5.75 Å². The number of anilines is 3. The molecule has 0 unspecified atom stereocenters. The first-order valence-electron chi connectivity index (χ1n) is 6.54. The lowest BCUT2D eigenvalue weighted by Gasteiger charge is -2.25. The fraction of sp³-hybridized carbons (Fsp3) is 0. The maximum atomic E-state index is 10.2. The summed E-state index contributed by atoms with van der Waals surface area (Å²) in [4.78, 5) is 2.04. The molecule has 0 heterocycles. The van der Waals surface area contributed by atoms with Crippen LogP contribution in [0.15, 0.2) is 84.9 Å². The summed E-state index contributed by atoms with van der Waals surface area (Å²) in [5.41, 5.74) is 2.80. The highest BCUT2D eigenvalue weighted by Crippen LogP contribution is 2.38. The van der Waals surface area contributed by atoms with Crippen molar-refractivity contribution in [2.45, 2.75) is 0 Å². The molecule has 0 spiro atoms. The largest absolute Gasteiger partial charge is 0.506 e. The summed E-state index contributed by atoms with van der Waals surface area (Å²) in [6.45, 7) is 0. The minimum atomic E-state index is 0.264. The van der Waals surface area contributed by atoms with Crippen LogP contribution in [-0.2, 0) is 0 Å². The predicted molar refractivity (Wildman–Crippen MR) is 82.8 cm³/mol. The van der Waals surface area contributed by atoms with E-state index in [9.17, 15) is 5.11 Å². The lowest BCUT2D eigenvalue weighted by atomic mass is 10.2. The number of phenols is 1. The lowest BCUT2D eigenvalue weighted by molar-refractivity contribution is 0.476. The quantitative estimate of drug-likeness (QED) is 0.727. The van der Waals surface area contributed by atoms with Crippen molar-refractivity contribution in [3.63, 3.8) is 0 Å². The van der Waals surface area contributed by atoms with Crippen molar-refractivity contribution in [2.75, 3.05) is 4.90 Å². The maximum absolute atomic E-state index is 10.2. The van der Waals surface area contributed by atoms with Crippen LogP contribution in [0, 0.1) is 0 Å². The lowest BCUT2D eigenvalue weighted by Crippen LogP contribution is -2.09. The van der Waals surface area contributed by atoms with Crippen LogP contribution in [0.3, 0.4) is 0 Å². The molecule has 3 aromatic carbocycles. The molecule has 0 radical (unpaired) electrons. The van der Waals surface area contributed by atoms with Crippen molar-refractivity contribution in [1.29, 1.82) is 0 Å². The van der Waals surface area contributed by atoms with Crippen LogP contribution in [0.5, 0.6) is 5.75 Å². The van der Waals surface area contributed by atoms with E-state index in [1.165, 1.54) is 0 Å². The Bertz CT molecular complexity index is 641. The number of aromatic hydroxyl groups is 1. The Morgan fingerprint density at radius 1 is 0.550 bits per heavy atom.